The molecule has 2 aromatic rings. The molecule has 23 heavy (non-hydrogen) atoms. The maximum absolute atomic E-state index is 12.4. The van der Waals surface area contributed by atoms with E-state index in [1.54, 1.807) is 19.0 Å². The Bertz CT molecular complexity index is 793. The Morgan fingerprint density at radius 1 is 1.22 bits per heavy atom. The van der Waals surface area contributed by atoms with Gasteiger partial charge in [0.05, 0.1) is 41.7 Å². The highest BCUT2D eigenvalue weighted by Crippen LogP contribution is 2.35. The van der Waals surface area contributed by atoms with Crippen molar-refractivity contribution in [3.63, 3.8) is 0 Å². The number of aromatic nitrogens is 2. The van der Waals surface area contributed by atoms with Gasteiger partial charge in [-0.3, -0.25) is 4.79 Å². The van der Waals surface area contributed by atoms with Gasteiger partial charge < -0.3 is 14.4 Å². The van der Waals surface area contributed by atoms with E-state index in [-0.39, 0.29) is 32.9 Å². The van der Waals surface area contributed by atoms with Crippen molar-refractivity contribution in [1.29, 1.82) is 0 Å². The second kappa shape index (κ2) is 6.97. The van der Waals surface area contributed by atoms with Crippen molar-refractivity contribution in [3.8, 4) is 11.8 Å². The van der Waals surface area contributed by atoms with E-state index in [0.717, 1.165) is 0 Å². The van der Waals surface area contributed by atoms with Crippen molar-refractivity contribution >= 4 is 46.5 Å². The van der Waals surface area contributed by atoms with Gasteiger partial charge in [-0.1, -0.05) is 23.2 Å². The molecular formula is C14H14Cl2N4O3. The number of benzene rings is 1. The molecular weight excluding hydrogens is 343 g/mol. The molecule has 0 aliphatic rings. The molecule has 122 valence electrons. The predicted molar refractivity (Wildman–Crippen MR) is 89.2 cm³/mol. The lowest BCUT2D eigenvalue weighted by molar-refractivity contribution is 0.100. The highest BCUT2D eigenvalue weighted by molar-refractivity contribution is 6.45. The molecule has 0 radical (unpaired) electrons. The number of hydrogen-bond acceptors (Lipinski definition) is 5. The van der Waals surface area contributed by atoms with E-state index in [1.165, 1.54) is 26.6 Å². The molecule has 0 atom stereocenters. The van der Waals surface area contributed by atoms with E-state index in [2.05, 4.69) is 15.0 Å². The van der Waals surface area contributed by atoms with E-state index in [4.69, 9.17) is 32.7 Å². The third-order valence-electron chi connectivity index (χ3n) is 2.80. The quantitative estimate of drug-likeness (QED) is 0.619. The van der Waals surface area contributed by atoms with Gasteiger partial charge in [-0.25, -0.2) is 9.97 Å². The summed E-state index contributed by atoms with van der Waals surface area (Å²) in [5, 5.41) is 0.227. The van der Waals surface area contributed by atoms with Gasteiger partial charge in [-0.2, -0.15) is 4.99 Å². The molecule has 0 unspecified atom stereocenters. The number of amides is 1. The first-order chi connectivity index (χ1) is 10.9. The summed E-state index contributed by atoms with van der Waals surface area (Å²) >= 11 is 12.3. The fraction of sp³-hybridized carbons (Fsp3) is 0.286. The fourth-order valence-electron chi connectivity index (χ4n) is 1.80. The normalized spacial score (nSPS) is 11.0. The minimum Gasteiger partial charge on any atom is -0.477 e. The van der Waals surface area contributed by atoms with Crippen molar-refractivity contribution in [1.82, 2.24) is 14.9 Å². The monoisotopic (exact) mass is 356 g/mol. The van der Waals surface area contributed by atoms with Crippen molar-refractivity contribution in [2.24, 2.45) is 4.99 Å². The molecule has 0 N–H and O–H groups in total. The Balaban J connectivity index is 2.75. The van der Waals surface area contributed by atoms with Crippen LogP contribution in [-0.4, -0.2) is 55.4 Å². The highest BCUT2D eigenvalue weighted by atomic mass is 35.5. The number of aliphatic imine (C=N–C) groups is 1. The van der Waals surface area contributed by atoms with E-state index < -0.39 is 5.91 Å². The topological polar surface area (TPSA) is 76.9 Å². The molecule has 0 aliphatic carbocycles. The largest absolute Gasteiger partial charge is 0.477 e. The number of halogens is 2. The number of ether oxygens (including phenoxy) is 2. The van der Waals surface area contributed by atoms with Crippen LogP contribution < -0.4 is 9.47 Å². The van der Waals surface area contributed by atoms with Gasteiger partial charge in [-0.05, 0) is 6.07 Å². The molecule has 7 nitrogen and oxygen atoms in total. The van der Waals surface area contributed by atoms with Gasteiger partial charge in [-0.15, -0.1) is 0 Å². The van der Waals surface area contributed by atoms with E-state index in [9.17, 15) is 4.79 Å². The van der Waals surface area contributed by atoms with Crippen LogP contribution in [0.3, 0.4) is 0 Å². The first-order valence-electron chi connectivity index (χ1n) is 6.41. The molecule has 1 aromatic carbocycles. The number of hydrogen-bond donors (Lipinski definition) is 0. The lowest BCUT2D eigenvalue weighted by Gasteiger charge is -2.11. The predicted octanol–water partition coefficient (Wildman–Crippen LogP) is 2.68. The van der Waals surface area contributed by atoms with Gasteiger partial charge in [0, 0.05) is 14.1 Å². The maximum atomic E-state index is 12.4. The van der Waals surface area contributed by atoms with E-state index >= 15 is 0 Å². The van der Waals surface area contributed by atoms with Crippen LogP contribution in [0, 0.1) is 0 Å². The molecule has 0 fully saturated rings. The molecule has 9 heteroatoms. The first kappa shape index (κ1) is 17.2. The van der Waals surface area contributed by atoms with Crippen molar-refractivity contribution < 1.29 is 14.3 Å². The zero-order chi connectivity index (χ0) is 17.1. The first-order valence-corrected chi connectivity index (χ1v) is 7.17. The van der Waals surface area contributed by atoms with E-state index in [1.807, 2.05) is 0 Å². The molecule has 0 spiro atoms. The highest BCUT2D eigenvalue weighted by Gasteiger charge is 2.21. The summed E-state index contributed by atoms with van der Waals surface area (Å²) in [5.41, 5.74) is 0.638. The van der Waals surface area contributed by atoms with Crippen LogP contribution in [0.4, 0.5) is 0 Å². The second-order valence-corrected chi connectivity index (χ2v) is 5.46. The molecule has 1 heterocycles. The summed E-state index contributed by atoms with van der Waals surface area (Å²) in [4.78, 5) is 26.3. The molecule has 1 amide bonds. The number of fused-ring (bicyclic) bond motifs is 1. The number of rotatable bonds is 4. The molecule has 0 bridgehead atoms. The zero-order valence-corrected chi connectivity index (χ0v) is 14.4. The second-order valence-electron chi connectivity index (χ2n) is 4.67. The Labute approximate surface area is 142 Å². The van der Waals surface area contributed by atoms with Gasteiger partial charge >= 0.3 is 0 Å². The average molecular weight is 357 g/mol. The molecule has 0 saturated heterocycles. The Morgan fingerprint density at radius 3 is 2.39 bits per heavy atom. The fourth-order valence-corrected chi connectivity index (χ4v) is 2.22. The Morgan fingerprint density at radius 2 is 1.83 bits per heavy atom. The summed E-state index contributed by atoms with van der Waals surface area (Å²) in [5.74, 6) is -0.282. The number of carbonyl (C=O) groups excluding carboxylic acids is 1. The van der Waals surface area contributed by atoms with Crippen LogP contribution in [0.25, 0.3) is 11.0 Å². The number of carbonyl (C=O) groups is 1. The standard InChI is InChI=1S/C14H14Cl2N4O3/c1-20(2)6-17-12(21)9-10(16)7(15)5-8-11(9)19-14(23-4)13(18-8)22-3/h5-6H,1-4H3. The summed E-state index contributed by atoms with van der Waals surface area (Å²) in [6.07, 6.45) is 1.36. The van der Waals surface area contributed by atoms with Crippen LogP contribution in [0.15, 0.2) is 11.1 Å². The molecule has 0 saturated carbocycles. The third kappa shape index (κ3) is 3.46. The Hall–Kier alpha value is -2.12. The van der Waals surface area contributed by atoms with Gasteiger partial charge in [0.2, 0.25) is 0 Å². The summed E-state index contributed by atoms with van der Waals surface area (Å²) < 4.78 is 10.2. The SMILES string of the molecule is COc1nc2cc(Cl)c(Cl)c(C(=O)N=CN(C)C)c2nc1OC. The van der Waals surface area contributed by atoms with Gasteiger partial charge in [0.15, 0.2) is 0 Å². The smallest absolute Gasteiger partial charge is 0.282 e. The summed E-state index contributed by atoms with van der Waals surface area (Å²) in [6, 6.07) is 1.50. The van der Waals surface area contributed by atoms with Crippen molar-refractivity contribution in [3.05, 3.63) is 21.7 Å². The van der Waals surface area contributed by atoms with Crippen LogP contribution in [0.2, 0.25) is 10.0 Å². The molecule has 1 aromatic heterocycles. The third-order valence-corrected chi connectivity index (χ3v) is 3.58. The Kier molecular flexibility index (Phi) is 5.23. The minimum atomic E-state index is -0.585. The molecule has 0 aliphatic heterocycles. The van der Waals surface area contributed by atoms with Crippen LogP contribution in [0.5, 0.6) is 11.8 Å². The number of methoxy groups -OCH3 is 2. The van der Waals surface area contributed by atoms with Gasteiger partial charge in [0.1, 0.15) is 5.52 Å². The van der Waals surface area contributed by atoms with Crippen LogP contribution in [-0.2, 0) is 0 Å². The lowest BCUT2D eigenvalue weighted by atomic mass is 10.1. The van der Waals surface area contributed by atoms with E-state index in [0.29, 0.717) is 5.52 Å². The van der Waals surface area contributed by atoms with Crippen LogP contribution in [0.1, 0.15) is 10.4 Å². The molecule has 2 rings (SSSR count). The average Bonchev–Trinajstić information content (AvgIpc) is 2.52. The van der Waals surface area contributed by atoms with Gasteiger partial charge in [0.25, 0.3) is 17.7 Å². The lowest BCUT2D eigenvalue weighted by Crippen LogP contribution is -2.10. The van der Waals surface area contributed by atoms with Crippen molar-refractivity contribution in [2.75, 3.05) is 28.3 Å². The van der Waals surface area contributed by atoms with Crippen molar-refractivity contribution in [2.45, 2.75) is 0 Å². The summed E-state index contributed by atoms with van der Waals surface area (Å²) in [6.45, 7) is 0. The van der Waals surface area contributed by atoms with Crippen LogP contribution >= 0.6 is 23.2 Å². The number of nitrogens with zero attached hydrogens (tertiary/aromatic N) is 4. The zero-order valence-electron chi connectivity index (χ0n) is 12.9. The maximum Gasteiger partial charge on any atom is 0.282 e. The minimum absolute atomic E-state index is 0.0562. The summed E-state index contributed by atoms with van der Waals surface area (Å²) in [7, 11) is 6.33.